The predicted octanol–water partition coefficient (Wildman–Crippen LogP) is 5.17. The average molecular weight is 545 g/mol. The van der Waals surface area contributed by atoms with E-state index in [-0.39, 0.29) is 44.3 Å². The monoisotopic (exact) mass is 544 g/mol. The zero-order chi connectivity index (χ0) is 25.8. The van der Waals surface area contributed by atoms with Gasteiger partial charge >= 0.3 is 0 Å². The highest BCUT2D eigenvalue weighted by Gasteiger charge is 2.28. The molecule has 1 atom stereocenters. The second-order valence-electron chi connectivity index (χ2n) is 9.00. The van der Waals surface area contributed by atoms with Crippen LogP contribution in [0.2, 0.25) is 10.0 Å². The van der Waals surface area contributed by atoms with E-state index in [1.54, 1.807) is 35.4 Å². The topological polar surface area (TPSA) is 81.5 Å². The van der Waals surface area contributed by atoms with E-state index >= 15 is 0 Å². The summed E-state index contributed by atoms with van der Waals surface area (Å²) < 4.78 is 22.2. The summed E-state index contributed by atoms with van der Waals surface area (Å²) in [5.41, 5.74) is 1.18. The Hall–Kier alpha value is -3.20. The van der Waals surface area contributed by atoms with Crippen molar-refractivity contribution in [2.75, 3.05) is 26.5 Å². The molecular formula is C27H26Cl2N2O6. The van der Waals surface area contributed by atoms with E-state index < -0.39 is 0 Å². The number of amides is 2. The number of carbonyl (C=O) groups is 2. The number of hydrogen-bond donors (Lipinski definition) is 0. The fourth-order valence-corrected chi connectivity index (χ4v) is 4.99. The van der Waals surface area contributed by atoms with Crippen molar-refractivity contribution in [2.45, 2.75) is 32.0 Å². The third kappa shape index (κ3) is 6.39. The van der Waals surface area contributed by atoms with Gasteiger partial charge in [-0.15, -0.1) is 0 Å². The summed E-state index contributed by atoms with van der Waals surface area (Å²) in [6, 6.07) is 13.8. The Labute approximate surface area is 224 Å². The maximum Gasteiger partial charge on any atom is 0.254 e. The first kappa shape index (κ1) is 25.4. The van der Waals surface area contributed by atoms with Crippen LogP contribution >= 0.6 is 23.2 Å². The first-order valence-corrected chi connectivity index (χ1v) is 12.8. The van der Waals surface area contributed by atoms with Crippen molar-refractivity contribution in [3.8, 4) is 11.5 Å². The molecule has 3 aromatic rings. The van der Waals surface area contributed by atoms with Gasteiger partial charge in [-0.25, -0.2) is 0 Å². The van der Waals surface area contributed by atoms with Crippen LogP contribution in [0.5, 0.6) is 11.5 Å². The molecule has 37 heavy (non-hydrogen) atoms. The number of fused-ring (bicyclic) bond motifs is 1. The Kier molecular flexibility index (Phi) is 7.88. The Morgan fingerprint density at radius 3 is 2.49 bits per heavy atom. The van der Waals surface area contributed by atoms with Crippen molar-refractivity contribution in [1.82, 2.24) is 9.80 Å². The lowest BCUT2D eigenvalue weighted by Gasteiger charge is -2.29. The van der Waals surface area contributed by atoms with Gasteiger partial charge in [0.05, 0.1) is 18.9 Å². The van der Waals surface area contributed by atoms with Crippen molar-refractivity contribution in [1.29, 1.82) is 0 Å². The van der Waals surface area contributed by atoms with Crippen LogP contribution in [0.25, 0.3) is 0 Å². The van der Waals surface area contributed by atoms with Crippen LogP contribution in [-0.4, -0.2) is 54.2 Å². The third-order valence-electron chi connectivity index (χ3n) is 6.26. The van der Waals surface area contributed by atoms with Gasteiger partial charge in [0.25, 0.3) is 5.91 Å². The zero-order valence-corrected chi connectivity index (χ0v) is 21.5. The maximum absolute atomic E-state index is 13.7. The van der Waals surface area contributed by atoms with E-state index in [1.165, 1.54) is 4.90 Å². The summed E-state index contributed by atoms with van der Waals surface area (Å²) in [4.78, 5) is 30.4. The van der Waals surface area contributed by atoms with Gasteiger partial charge in [0, 0.05) is 35.3 Å². The summed E-state index contributed by atoms with van der Waals surface area (Å²) in [5.74, 6) is 1.35. The number of hydrogen-bond acceptors (Lipinski definition) is 6. The van der Waals surface area contributed by atoms with Gasteiger partial charge in [0.2, 0.25) is 12.7 Å². The first-order chi connectivity index (χ1) is 17.9. The largest absolute Gasteiger partial charge is 0.467 e. The van der Waals surface area contributed by atoms with Gasteiger partial charge in [-0.05, 0) is 60.9 Å². The molecule has 3 heterocycles. The molecule has 0 unspecified atom stereocenters. The number of benzene rings is 2. The number of carbonyl (C=O) groups excluding carboxylic acids is 2. The lowest BCUT2D eigenvalue weighted by Crippen LogP contribution is -2.45. The van der Waals surface area contributed by atoms with Gasteiger partial charge in [0.1, 0.15) is 12.3 Å². The van der Waals surface area contributed by atoms with Gasteiger partial charge in [-0.3, -0.25) is 9.59 Å². The average Bonchev–Trinajstić information content (AvgIpc) is 3.65. The molecule has 2 aliphatic heterocycles. The Bertz CT molecular complexity index is 1240. The predicted molar refractivity (Wildman–Crippen MR) is 137 cm³/mol. The Morgan fingerprint density at radius 1 is 0.946 bits per heavy atom. The molecule has 0 aliphatic carbocycles. The van der Waals surface area contributed by atoms with Crippen molar-refractivity contribution < 1.29 is 28.2 Å². The maximum atomic E-state index is 13.7. The molecular weight excluding hydrogens is 519 g/mol. The molecule has 2 aromatic carbocycles. The molecule has 8 nitrogen and oxygen atoms in total. The zero-order valence-electron chi connectivity index (χ0n) is 20.0. The second-order valence-corrected chi connectivity index (χ2v) is 9.87. The van der Waals surface area contributed by atoms with Crippen molar-refractivity contribution >= 4 is 35.0 Å². The number of ether oxygens (including phenoxy) is 3. The molecule has 5 rings (SSSR count). The van der Waals surface area contributed by atoms with Crippen molar-refractivity contribution in [2.24, 2.45) is 0 Å². The lowest BCUT2D eigenvalue weighted by molar-refractivity contribution is -0.133. The van der Waals surface area contributed by atoms with E-state index in [2.05, 4.69) is 0 Å². The van der Waals surface area contributed by atoms with Crippen LogP contribution in [-0.2, 0) is 22.6 Å². The van der Waals surface area contributed by atoms with E-state index in [1.807, 2.05) is 24.3 Å². The highest BCUT2D eigenvalue weighted by atomic mass is 35.5. The lowest BCUT2D eigenvalue weighted by atomic mass is 10.1. The molecule has 0 N–H and O–H groups in total. The fraction of sp³-hybridized carbons (Fsp3) is 0.333. The van der Waals surface area contributed by atoms with Gasteiger partial charge < -0.3 is 28.4 Å². The van der Waals surface area contributed by atoms with Gasteiger partial charge in [0.15, 0.2) is 11.5 Å². The summed E-state index contributed by atoms with van der Waals surface area (Å²) in [6.45, 7) is 1.48. The molecule has 1 aromatic heterocycles. The third-order valence-corrected chi connectivity index (χ3v) is 6.70. The minimum atomic E-state index is -0.339. The Morgan fingerprint density at radius 2 is 1.76 bits per heavy atom. The van der Waals surface area contributed by atoms with Crippen LogP contribution in [0.1, 0.15) is 34.5 Å². The van der Waals surface area contributed by atoms with Crippen LogP contribution in [0.15, 0.2) is 59.2 Å². The van der Waals surface area contributed by atoms with Gasteiger partial charge in [-0.1, -0.05) is 29.3 Å². The van der Waals surface area contributed by atoms with Crippen LogP contribution in [0.4, 0.5) is 0 Å². The number of furan rings is 1. The second kappa shape index (κ2) is 11.5. The molecule has 1 fully saturated rings. The minimum Gasteiger partial charge on any atom is -0.467 e. The molecule has 2 aliphatic rings. The quantitative estimate of drug-likeness (QED) is 0.369. The molecule has 0 saturated carbocycles. The highest BCUT2D eigenvalue weighted by Crippen LogP contribution is 2.33. The fourth-order valence-electron chi connectivity index (χ4n) is 4.46. The van der Waals surface area contributed by atoms with Crippen LogP contribution < -0.4 is 9.47 Å². The first-order valence-electron chi connectivity index (χ1n) is 12.0. The minimum absolute atomic E-state index is 0.140. The number of rotatable bonds is 9. The van der Waals surface area contributed by atoms with E-state index in [0.29, 0.717) is 46.0 Å². The highest BCUT2D eigenvalue weighted by molar-refractivity contribution is 6.35. The molecule has 2 amide bonds. The normalized spacial score (nSPS) is 16.1. The van der Waals surface area contributed by atoms with Crippen LogP contribution in [0.3, 0.4) is 0 Å². The number of halogens is 2. The van der Waals surface area contributed by atoms with E-state index in [4.69, 9.17) is 41.8 Å². The molecule has 194 valence electrons. The van der Waals surface area contributed by atoms with Crippen molar-refractivity contribution in [3.63, 3.8) is 0 Å². The number of nitrogens with zero attached hydrogens (tertiary/aromatic N) is 2. The summed E-state index contributed by atoms with van der Waals surface area (Å²) in [6.07, 6.45) is 3.16. The summed E-state index contributed by atoms with van der Waals surface area (Å²) in [5, 5.41) is 0.697. The standard InChI is InChI=1S/C27H26Cl2N2O6/c28-20-10-19(11-21(29)12-20)27(33)31(15-23-4-2-8-35-23)16-26(32)30(14-22-3-1-7-34-22)13-18-5-6-24-25(9-18)37-17-36-24/h1,3,5-7,9-12,23H,2,4,8,13-17H2/t23-/m1/s1. The van der Waals surface area contributed by atoms with E-state index in [9.17, 15) is 9.59 Å². The summed E-state index contributed by atoms with van der Waals surface area (Å²) in [7, 11) is 0. The van der Waals surface area contributed by atoms with E-state index in [0.717, 1.165) is 18.4 Å². The molecule has 1 saturated heterocycles. The smallest absolute Gasteiger partial charge is 0.254 e. The summed E-state index contributed by atoms with van der Waals surface area (Å²) >= 11 is 12.3. The molecule has 0 radical (unpaired) electrons. The van der Waals surface area contributed by atoms with Crippen LogP contribution in [0, 0.1) is 0 Å². The Balaban J connectivity index is 1.38. The SMILES string of the molecule is O=C(CN(C[C@H]1CCCO1)C(=O)c1cc(Cl)cc(Cl)c1)N(Cc1ccc2c(c1)OCO2)Cc1ccco1. The van der Waals surface area contributed by atoms with Crippen molar-refractivity contribution in [3.05, 3.63) is 81.7 Å². The molecule has 0 spiro atoms. The molecule has 0 bridgehead atoms. The van der Waals surface area contributed by atoms with Gasteiger partial charge in [-0.2, -0.15) is 0 Å². The molecule has 10 heteroatoms.